The van der Waals surface area contributed by atoms with Crippen LogP contribution in [0.2, 0.25) is 0 Å². The molecule has 0 spiro atoms. The molecule has 1 heterocycles. The van der Waals surface area contributed by atoms with Crippen LogP contribution in [0.25, 0.3) is 0 Å². The molecule has 0 radical (unpaired) electrons. The average molecular weight is 250 g/mol. The maximum atomic E-state index is 12.4. The molecule has 4 nitrogen and oxygen atoms in total. The third-order valence-corrected chi connectivity index (χ3v) is 3.87. The number of likely N-dealkylation sites (N-methyl/N-ethyl adjacent to an activating group) is 1. The average Bonchev–Trinajstić information content (AvgIpc) is 2.67. The fraction of sp³-hybridized carbons (Fsp3) is 0.643. The number of hydrogen-bond acceptors (Lipinski definition) is 3. The SMILES string of the molecule is Cc1cc(C(=O)N(C)C2CCCCC2N)c(C)o1. The van der Waals surface area contributed by atoms with Gasteiger partial charge in [0.05, 0.1) is 5.56 Å². The molecule has 1 aliphatic rings. The lowest BCUT2D eigenvalue weighted by Crippen LogP contribution is -2.50. The summed E-state index contributed by atoms with van der Waals surface area (Å²) in [6, 6.07) is 2.06. The van der Waals surface area contributed by atoms with Crippen LogP contribution in [-0.4, -0.2) is 29.9 Å². The Kier molecular flexibility index (Phi) is 3.76. The Balaban J connectivity index is 2.15. The van der Waals surface area contributed by atoms with Gasteiger partial charge in [-0.2, -0.15) is 0 Å². The molecular weight excluding hydrogens is 228 g/mol. The van der Waals surface area contributed by atoms with Gasteiger partial charge in [0.1, 0.15) is 11.5 Å². The normalized spacial score (nSPS) is 24.0. The minimum atomic E-state index is 0.0201. The number of furan rings is 1. The van der Waals surface area contributed by atoms with Gasteiger partial charge in [0.2, 0.25) is 0 Å². The minimum absolute atomic E-state index is 0.0201. The van der Waals surface area contributed by atoms with Gasteiger partial charge >= 0.3 is 0 Å². The topological polar surface area (TPSA) is 59.5 Å². The molecule has 100 valence electrons. The van der Waals surface area contributed by atoms with Crippen LogP contribution in [-0.2, 0) is 0 Å². The van der Waals surface area contributed by atoms with Crippen LogP contribution < -0.4 is 5.73 Å². The number of carbonyl (C=O) groups excluding carboxylic acids is 1. The molecule has 0 bridgehead atoms. The van der Waals surface area contributed by atoms with Gasteiger partial charge in [0.25, 0.3) is 5.91 Å². The molecule has 2 unspecified atom stereocenters. The summed E-state index contributed by atoms with van der Waals surface area (Å²) in [6.07, 6.45) is 4.33. The first kappa shape index (κ1) is 13.1. The lowest BCUT2D eigenvalue weighted by atomic mass is 9.90. The van der Waals surface area contributed by atoms with Crippen molar-refractivity contribution in [1.29, 1.82) is 0 Å². The van der Waals surface area contributed by atoms with Gasteiger partial charge in [-0.15, -0.1) is 0 Å². The van der Waals surface area contributed by atoms with Crippen molar-refractivity contribution < 1.29 is 9.21 Å². The molecule has 0 aliphatic heterocycles. The third-order valence-electron chi connectivity index (χ3n) is 3.87. The summed E-state index contributed by atoms with van der Waals surface area (Å²) >= 11 is 0. The highest BCUT2D eigenvalue weighted by molar-refractivity contribution is 5.95. The summed E-state index contributed by atoms with van der Waals surface area (Å²) in [5.41, 5.74) is 6.78. The number of hydrogen-bond donors (Lipinski definition) is 1. The second-order valence-corrected chi connectivity index (χ2v) is 5.26. The molecule has 18 heavy (non-hydrogen) atoms. The third kappa shape index (κ3) is 2.43. The van der Waals surface area contributed by atoms with Crippen molar-refractivity contribution in [3.8, 4) is 0 Å². The van der Waals surface area contributed by atoms with Gasteiger partial charge < -0.3 is 15.1 Å². The molecular formula is C14H22N2O2. The van der Waals surface area contributed by atoms with E-state index in [1.54, 1.807) is 4.90 Å². The van der Waals surface area contributed by atoms with E-state index in [0.717, 1.165) is 25.0 Å². The first-order valence-corrected chi connectivity index (χ1v) is 6.60. The number of carbonyl (C=O) groups is 1. The molecule has 4 heteroatoms. The van der Waals surface area contributed by atoms with E-state index in [1.165, 1.54) is 6.42 Å². The van der Waals surface area contributed by atoms with Gasteiger partial charge in [0, 0.05) is 19.1 Å². The van der Waals surface area contributed by atoms with Crippen molar-refractivity contribution in [2.45, 2.75) is 51.6 Å². The van der Waals surface area contributed by atoms with Crippen LogP contribution in [0, 0.1) is 13.8 Å². The van der Waals surface area contributed by atoms with E-state index in [1.807, 2.05) is 27.0 Å². The molecule has 1 saturated carbocycles. The van der Waals surface area contributed by atoms with Crippen molar-refractivity contribution in [3.63, 3.8) is 0 Å². The fourth-order valence-electron chi connectivity index (χ4n) is 2.80. The zero-order valence-corrected chi connectivity index (χ0v) is 11.4. The summed E-state index contributed by atoms with van der Waals surface area (Å²) < 4.78 is 5.42. The van der Waals surface area contributed by atoms with Gasteiger partial charge in [-0.3, -0.25) is 4.79 Å². The molecule has 2 N–H and O–H groups in total. The highest BCUT2D eigenvalue weighted by Crippen LogP contribution is 2.24. The Labute approximate surface area is 108 Å². The van der Waals surface area contributed by atoms with Crippen molar-refractivity contribution in [2.75, 3.05) is 7.05 Å². The van der Waals surface area contributed by atoms with Crippen molar-refractivity contribution in [1.82, 2.24) is 4.90 Å². The number of nitrogens with two attached hydrogens (primary N) is 1. The van der Waals surface area contributed by atoms with E-state index in [9.17, 15) is 4.79 Å². The maximum absolute atomic E-state index is 12.4. The van der Waals surface area contributed by atoms with E-state index in [0.29, 0.717) is 11.3 Å². The highest BCUT2D eigenvalue weighted by Gasteiger charge is 2.30. The van der Waals surface area contributed by atoms with E-state index < -0.39 is 0 Å². The molecule has 1 fully saturated rings. The van der Waals surface area contributed by atoms with E-state index in [-0.39, 0.29) is 18.0 Å². The number of nitrogens with zero attached hydrogens (tertiary/aromatic N) is 1. The van der Waals surface area contributed by atoms with Crippen molar-refractivity contribution in [3.05, 3.63) is 23.2 Å². The second-order valence-electron chi connectivity index (χ2n) is 5.26. The summed E-state index contributed by atoms with van der Waals surface area (Å²) in [5.74, 6) is 1.48. The Bertz CT molecular complexity index is 439. The molecule has 2 rings (SSSR count). The van der Waals surface area contributed by atoms with Crippen LogP contribution in [0.3, 0.4) is 0 Å². The van der Waals surface area contributed by atoms with Gasteiger partial charge in [-0.25, -0.2) is 0 Å². The fourth-order valence-corrected chi connectivity index (χ4v) is 2.80. The highest BCUT2D eigenvalue weighted by atomic mass is 16.3. The van der Waals surface area contributed by atoms with E-state index in [4.69, 9.17) is 10.2 Å². The first-order valence-electron chi connectivity index (χ1n) is 6.60. The lowest BCUT2D eigenvalue weighted by Gasteiger charge is -2.35. The quantitative estimate of drug-likeness (QED) is 0.875. The summed E-state index contributed by atoms with van der Waals surface area (Å²) in [5, 5.41) is 0. The van der Waals surface area contributed by atoms with E-state index in [2.05, 4.69) is 0 Å². The second kappa shape index (κ2) is 5.14. The smallest absolute Gasteiger partial charge is 0.257 e. The van der Waals surface area contributed by atoms with Gasteiger partial charge in [0.15, 0.2) is 0 Å². The monoisotopic (exact) mass is 250 g/mol. The molecule has 2 atom stereocenters. The number of amides is 1. The number of aryl methyl sites for hydroxylation is 2. The van der Waals surface area contributed by atoms with Crippen LogP contribution in [0.15, 0.2) is 10.5 Å². The van der Waals surface area contributed by atoms with Gasteiger partial charge in [-0.05, 0) is 32.8 Å². The van der Waals surface area contributed by atoms with Crippen LogP contribution in [0.5, 0.6) is 0 Å². The summed E-state index contributed by atoms with van der Waals surface area (Å²) in [7, 11) is 1.85. The van der Waals surface area contributed by atoms with Crippen LogP contribution >= 0.6 is 0 Å². The molecule has 1 aliphatic carbocycles. The molecule has 0 saturated heterocycles. The Hall–Kier alpha value is -1.29. The van der Waals surface area contributed by atoms with Gasteiger partial charge in [-0.1, -0.05) is 12.8 Å². The van der Waals surface area contributed by atoms with Crippen LogP contribution in [0.1, 0.15) is 47.6 Å². The first-order chi connectivity index (χ1) is 8.50. The molecule has 0 aromatic carbocycles. The Morgan fingerprint density at radius 1 is 1.39 bits per heavy atom. The number of rotatable bonds is 2. The minimum Gasteiger partial charge on any atom is -0.466 e. The van der Waals surface area contributed by atoms with Crippen LogP contribution in [0.4, 0.5) is 0 Å². The van der Waals surface area contributed by atoms with Crippen molar-refractivity contribution >= 4 is 5.91 Å². The van der Waals surface area contributed by atoms with E-state index >= 15 is 0 Å². The largest absolute Gasteiger partial charge is 0.466 e. The lowest BCUT2D eigenvalue weighted by molar-refractivity contribution is 0.0670. The Morgan fingerprint density at radius 2 is 2.06 bits per heavy atom. The summed E-state index contributed by atoms with van der Waals surface area (Å²) in [6.45, 7) is 3.69. The zero-order chi connectivity index (χ0) is 13.3. The molecule has 1 aromatic rings. The summed E-state index contributed by atoms with van der Waals surface area (Å²) in [4.78, 5) is 14.2. The Morgan fingerprint density at radius 3 is 2.61 bits per heavy atom. The maximum Gasteiger partial charge on any atom is 0.257 e. The molecule has 1 aromatic heterocycles. The van der Waals surface area contributed by atoms with Crippen molar-refractivity contribution in [2.24, 2.45) is 5.73 Å². The predicted molar refractivity (Wildman–Crippen MR) is 70.5 cm³/mol. The predicted octanol–water partition coefficient (Wildman–Crippen LogP) is 2.24. The zero-order valence-electron chi connectivity index (χ0n) is 11.4. The standard InChI is InChI=1S/C14H22N2O2/c1-9-8-11(10(2)18-9)14(17)16(3)13-7-5-4-6-12(13)15/h8,12-13H,4-7,15H2,1-3H3. The molecule has 1 amide bonds.